The zero-order valence-electron chi connectivity index (χ0n) is 12.7. The maximum Gasteiger partial charge on any atom is 0.150 e. The van der Waals surface area contributed by atoms with Gasteiger partial charge in [-0.3, -0.25) is 5.32 Å². The molecule has 1 aromatic rings. The second-order valence-electron chi connectivity index (χ2n) is 5.12. The van der Waals surface area contributed by atoms with E-state index in [1.807, 2.05) is 18.5 Å². The van der Waals surface area contributed by atoms with E-state index >= 15 is 0 Å². The Morgan fingerprint density at radius 2 is 2.05 bits per heavy atom. The smallest absolute Gasteiger partial charge is 0.150 e. The molecule has 2 atom stereocenters. The number of rotatable bonds is 7. The molecule has 0 aliphatic carbocycles. The fraction of sp³-hybridized carbons (Fsp3) is 0.786. The molecule has 0 fully saturated rings. The summed E-state index contributed by atoms with van der Waals surface area (Å²) in [6, 6.07) is 2.52. The van der Waals surface area contributed by atoms with E-state index in [4.69, 9.17) is 0 Å². The van der Waals surface area contributed by atoms with Crippen LogP contribution in [0.25, 0.3) is 0 Å². The summed E-state index contributed by atoms with van der Waals surface area (Å²) in [6.45, 7) is 11.0. The Balaban J connectivity index is 2.91. The van der Waals surface area contributed by atoms with Gasteiger partial charge in [-0.1, -0.05) is 20.8 Å². The summed E-state index contributed by atoms with van der Waals surface area (Å²) in [5, 5.41) is 17.1. The Kier molecular flexibility index (Phi) is 5.49. The van der Waals surface area contributed by atoms with Gasteiger partial charge in [-0.25, -0.2) is 9.67 Å². The molecule has 0 aromatic carbocycles. The minimum Gasteiger partial charge on any atom is -0.300 e. The molecule has 0 radical (unpaired) electrons. The van der Waals surface area contributed by atoms with E-state index in [1.165, 1.54) is 0 Å². The molecule has 0 aliphatic rings. The van der Waals surface area contributed by atoms with E-state index in [-0.39, 0.29) is 6.04 Å². The van der Waals surface area contributed by atoms with Crippen molar-refractivity contribution in [1.82, 2.24) is 20.1 Å². The largest absolute Gasteiger partial charge is 0.300 e. The van der Waals surface area contributed by atoms with Crippen LogP contribution in [0.4, 0.5) is 0 Å². The number of nitrogens with one attached hydrogen (secondary N) is 1. The van der Waals surface area contributed by atoms with Gasteiger partial charge in [-0.2, -0.15) is 10.4 Å². The van der Waals surface area contributed by atoms with Crippen LogP contribution in [0.2, 0.25) is 0 Å². The Morgan fingerprint density at radius 1 is 1.37 bits per heavy atom. The van der Waals surface area contributed by atoms with Gasteiger partial charge in [0.2, 0.25) is 0 Å². The van der Waals surface area contributed by atoms with E-state index in [0.29, 0.717) is 0 Å². The summed E-state index contributed by atoms with van der Waals surface area (Å²) < 4.78 is 1.98. The first-order chi connectivity index (χ1) is 8.99. The van der Waals surface area contributed by atoms with Crippen LogP contribution < -0.4 is 5.32 Å². The molecule has 5 nitrogen and oxygen atoms in total. The molecule has 1 aromatic heterocycles. The third-order valence-corrected chi connectivity index (χ3v) is 3.31. The summed E-state index contributed by atoms with van der Waals surface area (Å²) in [5.41, 5.74) is -0.516. The monoisotopic (exact) mass is 263 g/mol. The highest BCUT2D eigenvalue weighted by Crippen LogP contribution is 2.21. The van der Waals surface area contributed by atoms with Crippen LogP contribution in [0.3, 0.4) is 0 Å². The van der Waals surface area contributed by atoms with Gasteiger partial charge in [-0.15, -0.1) is 0 Å². The number of aromatic nitrogens is 3. The van der Waals surface area contributed by atoms with Gasteiger partial charge in [0.25, 0.3) is 0 Å². The normalized spacial score (nSPS) is 15.8. The minimum absolute atomic E-state index is 0.159. The van der Waals surface area contributed by atoms with E-state index < -0.39 is 5.54 Å². The Morgan fingerprint density at radius 3 is 2.53 bits per heavy atom. The third kappa shape index (κ3) is 3.77. The lowest BCUT2D eigenvalue weighted by molar-refractivity contribution is 0.331. The highest BCUT2D eigenvalue weighted by Gasteiger charge is 2.27. The number of nitrogens with zero attached hydrogens (tertiary/aromatic N) is 4. The molecule has 0 amide bonds. The van der Waals surface area contributed by atoms with Crippen molar-refractivity contribution < 1.29 is 0 Å². The molecule has 0 spiro atoms. The predicted octanol–water partition coefficient (Wildman–Crippen LogP) is 2.25. The van der Waals surface area contributed by atoms with Gasteiger partial charge in [-0.05, 0) is 20.4 Å². The maximum atomic E-state index is 9.33. The quantitative estimate of drug-likeness (QED) is 0.819. The van der Waals surface area contributed by atoms with Gasteiger partial charge in [0.1, 0.15) is 11.4 Å². The predicted molar refractivity (Wildman–Crippen MR) is 75.8 cm³/mol. The van der Waals surface area contributed by atoms with Crippen LogP contribution in [0.15, 0.2) is 0 Å². The first kappa shape index (κ1) is 15.6. The molecule has 5 heteroatoms. The van der Waals surface area contributed by atoms with Gasteiger partial charge < -0.3 is 0 Å². The maximum absolute atomic E-state index is 9.33. The first-order valence-corrected chi connectivity index (χ1v) is 7.10. The van der Waals surface area contributed by atoms with Gasteiger partial charge in [0.15, 0.2) is 5.82 Å². The third-order valence-electron chi connectivity index (χ3n) is 3.31. The number of aryl methyl sites for hydroxylation is 2. The van der Waals surface area contributed by atoms with Crippen molar-refractivity contribution in [2.75, 3.05) is 6.54 Å². The molecule has 1 rings (SSSR count). The summed E-state index contributed by atoms with van der Waals surface area (Å²) in [6.07, 6.45) is 2.42. The summed E-state index contributed by atoms with van der Waals surface area (Å²) in [4.78, 5) is 4.52. The summed E-state index contributed by atoms with van der Waals surface area (Å²) >= 11 is 0. The van der Waals surface area contributed by atoms with Crippen molar-refractivity contribution in [1.29, 1.82) is 5.26 Å². The van der Waals surface area contributed by atoms with Crippen LogP contribution >= 0.6 is 0 Å². The van der Waals surface area contributed by atoms with E-state index in [1.54, 1.807) is 0 Å². The highest BCUT2D eigenvalue weighted by molar-refractivity contribution is 5.05. The number of nitriles is 1. The van der Waals surface area contributed by atoms with Crippen molar-refractivity contribution in [3.05, 3.63) is 11.6 Å². The Hall–Kier alpha value is -1.41. The van der Waals surface area contributed by atoms with Crippen molar-refractivity contribution in [3.8, 4) is 6.07 Å². The van der Waals surface area contributed by atoms with Gasteiger partial charge >= 0.3 is 0 Å². The lowest BCUT2D eigenvalue weighted by atomic mass is 9.95. The van der Waals surface area contributed by atoms with Crippen molar-refractivity contribution in [2.45, 2.75) is 65.5 Å². The topological polar surface area (TPSA) is 66.5 Å². The highest BCUT2D eigenvalue weighted by atomic mass is 15.4. The van der Waals surface area contributed by atoms with Crippen LogP contribution in [0.1, 0.15) is 58.7 Å². The van der Waals surface area contributed by atoms with Gasteiger partial charge in [0.05, 0.1) is 12.1 Å². The average molecular weight is 263 g/mol. The lowest BCUT2D eigenvalue weighted by Gasteiger charge is -2.26. The fourth-order valence-electron chi connectivity index (χ4n) is 2.37. The fourth-order valence-corrected chi connectivity index (χ4v) is 2.37. The Labute approximate surface area is 116 Å². The molecule has 1 heterocycles. The molecular weight excluding hydrogens is 238 g/mol. The molecular formula is C14H25N5. The SMILES string of the molecule is CCNC(C)(C#N)CC(C)n1nc(CC)nc1CC. The van der Waals surface area contributed by atoms with Crippen LogP contribution in [-0.2, 0) is 12.8 Å². The van der Waals surface area contributed by atoms with Crippen molar-refractivity contribution in [3.63, 3.8) is 0 Å². The van der Waals surface area contributed by atoms with Crippen molar-refractivity contribution in [2.24, 2.45) is 0 Å². The molecule has 0 aliphatic heterocycles. The van der Waals surface area contributed by atoms with E-state index in [0.717, 1.165) is 37.5 Å². The van der Waals surface area contributed by atoms with Crippen LogP contribution in [-0.4, -0.2) is 26.8 Å². The molecule has 0 saturated heterocycles. The van der Waals surface area contributed by atoms with Gasteiger partial charge in [0, 0.05) is 19.3 Å². The number of hydrogen-bond donors (Lipinski definition) is 1. The Bertz CT molecular complexity index is 445. The lowest BCUT2D eigenvalue weighted by Crippen LogP contribution is -2.42. The zero-order valence-corrected chi connectivity index (χ0v) is 12.7. The standard InChI is InChI=1S/C14H25N5/c1-6-12-17-13(7-2)19(18-12)11(4)9-14(5,10-15)16-8-3/h11,16H,6-9H2,1-5H3. The second-order valence-corrected chi connectivity index (χ2v) is 5.12. The second kappa shape index (κ2) is 6.67. The molecule has 0 bridgehead atoms. The molecule has 0 saturated carbocycles. The minimum atomic E-state index is -0.516. The van der Waals surface area contributed by atoms with E-state index in [2.05, 4.69) is 42.2 Å². The average Bonchev–Trinajstić information content (AvgIpc) is 2.82. The molecule has 19 heavy (non-hydrogen) atoms. The molecule has 1 N–H and O–H groups in total. The van der Waals surface area contributed by atoms with E-state index in [9.17, 15) is 5.26 Å². The zero-order chi connectivity index (χ0) is 14.5. The molecule has 2 unspecified atom stereocenters. The first-order valence-electron chi connectivity index (χ1n) is 7.10. The van der Waals surface area contributed by atoms with Crippen LogP contribution in [0, 0.1) is 11.3 Å². The van der Waals surface area contributed by atoms with Crippen LogP contribution in [0.5, 0.6) is 0 Å². The van der Waals surface area contributed by atoms with Crippen molar-refractivity contribution >= 4 is 0 Å². The number of hydrogen-bond acceptors (Lipinski definition) is 4. The summed E-state index contributed by atoms with van der Waals surface area (Å²) in [7, 11) is 0. The molecule has 106 valence electrons. The summed E-state index contributed by atoms with van der Waals surface area (Å²) in [5.74, 6) is 1.88.